The average molecular weight is 467 g/mol. The van der Waals surface area contributed by atoms with Gasteiger partial charge in [-0.05, 0) is 68.2 Å². The Kier molecular flexibility index (Phi) is 12.0. The molecule has 1 aliphatic rings. The zero-order chi connectivity index (χ0) is 20.5. The van der Waals surface area contributed by atoms with E-state index in [1.165, 1.54) is 25.7 Å². The van der Waals surface area contributed by atoms with Crippen LogP contribution in [0.3, 0.4) is 0 Å². The number of halogens is 2. The Morgan fingerprint density at radius 3 is 1.94 bits per heavy atom. The fraction of sp³-hybridized carbons (Fsp3) is 0.391. The number of hydrogen-bond acceptors (Lipinski definition) is 4. The highest BCUT2D eigenvalue weighted by atomic mass is 35.5. The lowest BCUT2D eigenvalue weighted by Gasteiger charge is -2.19. The molecular weight excluding hydrogens is 435 g/mol. The zero-order valence-corrected chi connectivity index (χ0v) is 19.3. The van der Waals surface area contributed by atoms with Gasteiger partial charge in [0.1, 0.15) is 0 Å². The van der Waals surface area contributed by atoms with Crippen LogP contribution >= 0.6 is 24.8 Å². The molecule has 0 atom stereocenters. The second-order valence-electron chi connectivity index (χ2n) is 7.56. The number of aryl methyl sites for hydroxylation is 1. The van der Waals surface area contributed by atoms with E-state index in [1.807, 2.05) is 36.4 Å². The molecule has 0 radical (unpaired) electrons. The Hall–Kier alpha value is -2.28. The number of rotatable bonds is 7. The molecule has 31 heavy (non-hydrogen) atoms. The van der Waals surface area contributed by atoms with Crippen LogP contribution in [0.1, 0.15) is 37.7 Å². The number of nitrogens with two attached hydrogens (primary N) is 1. The van der Waals surface area contributed by atoms with Crippen LogP contribution in [0.4, 0.5) is 17.1 Å². The van der Waals surface area contributed by atoms with Crippen molar-refractivity contribution < 1.29 is 9.59 Å². The van der Waals surface area contributed by atoms with Gasteiger partial charge in [-0.25, -0.2) is 0 Å². The fourth-order valence-corrected chi connectivity index (χ4v) is 3.57. The van der Waals surface area contributed by atoms with Gasteiger partial charge in [0.25, 0.3) is 0 Å². The predicted octanol–water partition coefficient (Wildman–Crippen LogP) is 4.50. The number of carbonyl (C=O) groups excluding carboxylic acids is 2. The Bertz CT molecular complexity index is 823. The molecule has 0 bridgehead atoms. The van der Waals surface area contributed by atoms with Crippen molar-refractivity contribution in [1.82, 2.24) is 4.90 Å². The maximum atomic E-state index is 12.3. The predicted molar refractivity (Wildman–Crippen MR) is 132 cm³/mol. The van der Waals surface area contributed by atoms with E-state index in [1.54, 1.807) is 12.1 Å². The molecule has 2 amide bonds. The molecule has 1 fully saturated rings. The molecular formula is C23H32Cl2N4O2. The third-order valence-electron chi connectivity index (χ3n) is 5.19. The molecule has 0 aromatic heterocycles. The molecule has 3 rings (SSSR count). The highest BCUT2D eigenvalue weighted by Gasteiger charge is 2.13. The van der Waals surface area contributed by atoms with Gasteiger partial charge in [0.05, 0.1) is 6.54 Å². The highest BCUT2D eigenvalue weighted by molar-refractivity contribution is 5.93. The lowest BCUT2D eigenvalue weighted by atomic mass is 10.1. The van der Waals surface area contributed by atoms with Gasteiger partial charge in [0, 0.05) is 23.5 Å². The van der Waals surface area contributed by atoms with Crippen molar-refractivity contribution in [3.8, 4) is 0 Å². The van der Waals surface area contributed by atoms with Crippen LogP contribution in [-0.2, 0) is 16.0 Å². The third kappa shape index (κ3) is 9.17. The van der Waals surface area contributed by atoms with Gasteiger partial charge in [0.2, 0.25) is 11.8 Å². The molecule has 2 aromatic rings. The Balaban J connectivity index is 0.00000240. The number of nitrogens with one attached hydrogen (secondary N) is 2. The molecule has 170 valence electrons. The van der Waals surface area contributed by atoms with Gasteiger partial charge in [0.15, 0.2) is 0 Å². The Morgan fingerprint density at radius 1 is 0.806 bits per heavy atom. The molecule has 1 heterocycles. The second kappa shape index (κ2) is 13.9. The van der Waals surface area contributed by atoms with Gasteiger partial charge in [-0.2, -0.15) is 0 Å². The number of likely N-dealkylation sites (tertiary alicyclic amines) is 1. The molecule has 0 saturated carbocycles. The monoisotopic (exact) mass is 466 g/mol. The molecule has 1 aliphatic heterocycles. The molecule has 4 N–H and O–H groups in total. The van der Waals surface area contributed by atoms with Crippen molar-refractivity contribution in [3.05, 3.63) is 54.1 Å². The highest BCUT2D eigenvalue weighted by Crippen LogP contribution is 2.16. The minimum Gasteiger partial charge on any atom is -0.399 e. The summed E-state index contributed by atoms with van der Waals surface area (Å²) in [5.74, 6) is -0.0599. The Morgan fingerprint density at radius 2 is 1.35 bits per heavy atom. The van der Waals surface area contributed by atoms with Gasteiger partial charge in [-0.15, -0.1) is 24.8 Å². The van der Waals surface area contributed by atoms with E-state index in [0.717, 1.165) is 24.3 Å². The molecule has 8 heteroatoms. The van der Waals surface area contributed by atoms with Crippen LogP contribution in [0, 0.1) is 0 Å². The summed E-state index contributed by atoms with van der Waals surface area (Å²) in [4.78, 5) is 26.7. The molecule has 0 unspecified atom stereocenters. The quantitative estimate of drug-likeness (QED) is 0.524. The number of para-hydroxylation sites is 1. The topological polar surface area (TPSA) is 87.5 Å². The first kappa shape index (κ1) is 26.8. The molecule has 0 spiro atoms. The smallest absolute Gasteiger partial charge is 0.238 e. The first-order valence-corrected chi connectivity index (χ1v) is 10.4. The van der Waals surface area contributed by atoms with E-state index in [-0.39, 0.29) is 36.6 Å². The van der Waals surface area contributed by atoms with Crippen LogP contribution in [0.5, 0.6) is 0 Å². The third-order valence-corrected chi connectivity index (χ3v) is 5.19. The maximum Gasteiger partial charge on any atom is 0.238 e. The van der Waals surface area contributed by atoms with Crippen LogP contribution in [0.25, 0.3) is 0 Å². The average Bonchev–Trinajstić information content (AvgIpc) is 2.97. The number of amides is 2. The standard InChI is InChI=1S/C23H30N4O2.2ClH/c24-21-8-4-3-7-18(21)9-14-22(28)25-19-10-12-20(13-11-19)26-23(29)17-27-15-5-1-2-6-16-27;;/h3-4,7-8,10-13H,1-2,5-6,9,14-17,24H2,(H,25,28)(H,26,29);2*1H. The number of carbonyl (C=O) groups is 2. The van der Waals surface area contributed by atoms with E-state index in [0.29, 0.717) is 30.8 Å². The summed E-state index contributed by atoms with van der Waals surface area (Å²) in [6, 6.07) is 14.8. The van der Waals surface area contributed by atoms with E-state index < -0.39 is 0 Å². The largest absolute Gasteiger partial charge is 0.399 e. The molecule has 0 aliphatic carbocycles. The number of nitrogen functional groups attached to an aromatic ring is 1. The van der Waals surface area contributed by atoms with Gasteiger partial charge >= 0.3 is 0 Å². The molecule has 1 saturated heterocycles. The van der Waals surface area contributed by atoms with Gasteiger partial charge < -0.3 is 16.4 Å². The van der Waals surface area contributed by atoms with Gasteiger partial charge in [-0.1, -0.05) is 31.0 Å². The van der Waals surface area contributed by atoms with Crippen LogP contribution in [0.15, 0.2) is 48.5 Å². The van der Waals surface area contributed by atoms with Crippen LogP contribution in [-0.4, -0.2) is 36.3 Å². The first-order chi connectivity index (χ1) is 14.1. The number of nitrogens with zero attached hydrogens (tertiary/aromatic N) is 1. The van der Waals surface area contributed by atoms with Crippen molar-refractivity contribution in [1.29, 1.82) is 0 Å². The summed E-state index contributed by atoms with van der Waals surface area (Å²) >= 11 is 0. The van der Waals surface area contributed by atoms with Crippen LogP contribution in [0.2, 0.25) is 0 Å². The molecule has 2 aromatic carbocycles. The number of benzene rings is 2. The van der Waals surface area contributed by atoms with Gasteiger partial charge in [-0.3, -0.25) is 14.5 Å². The zero-order valence-electron chi connectivity index (χ0n) is 17.6. The summed E-state index contributed by atoms with van der Waals surface area (Å²) < 4.78 is 0. The lowest BCUT2D eigenvalue weighted by Crippen LogP contribution is -2.33. The van der Waals surface area contributed by atoms with Crippen molar-refractivity contribution in [3.63, 3.8) is 0 Å². The fourth-order valence-electron chi connectivity index (χ4n) is 3.57. The summed E-state index contributed by atoms with van der Waals surface area (Å²) in [6.07, 6.45) is 5.80. The van der Waals surface area contributed by atoms with Crippen molar-refractivity contribution >= 4 is 53.7 Å². The lowest BCUT2D eigenvalue weighted by molar-refractivity contribution is -0.117. The summed E-state index contributed by atoms with van der Waals surface area (Å²) in [6.45, 7) is 2.42. The summed E-state index contributed by atoms with van der Waals surface area (Å²) in [5, 5.41) is 5.82. The minimum absolute atomic E-state index is 0. The Labute approximate surface area is 196 Å². The van der Waals surface area contributed by atoms with E-state index in [2.05, 4.69) is 15.5 Å². The van der Waals surface area contributed by atoms with E-state index in [9.17, 15) is 9.59 Å². The van der Waals surface area contributed by atoms with Crippen LogP contribution < -0.4 is 16.4 Å². The maximum absolute atomic E-state index is 12.3. The van der Waals surface area contributed by atoms with Crippen molar-refractivity contribution in [2.45, 2.75) is 38.5 Å². The SMILES string of the molecule is Cl.Cl.Nc1ccccc1CCC(=O)Nc1ccc(NC(=O)CN2CCCCCC2)cc1. The van der Waals surface area contributed by atoms with E-state index in [4.69, 9.17) is 5.73 Å². The summed E-state index contributed by atoms with van der Waals surface area (Å²) in [5.41, 5.74) is 9.04. The minimum atomic E-state index is -0.0637. The number of anilines is 3. The summed E-state index contributed by atoms with van der Waals surface area (Å²) in [7, 11) is 0. The normalized spacial score (nSPS) is 13.8. The van der Waals surface area contributed by atoms with Crippen molar-refractivity contribution in [2.75, 3.05) is 36.0 Å². The van der Waals surface area contributed by atoms with E-state index >= 15 is 0 Å². The second-order valence-corrected chi connectivity index (χ2v) is 7.56. The van der Waals surface area contributed by atoms with Crippen molar-refractivity contribution in [2.24, 2.45) is 0 Å². The molecule has 6 nitrogen and oxygen atoms in total. The first-order valence-electron chi connectivity index (χ1n) is 10.4. The number of hydrogen-bond donors (Lipinski definition) is 3.